The lowest BCUT2D eigenvalue weighted by Gasteiger charge is -2.05. The summed E-state index contributed by atoms with van der Waals surface area (Å²) >= 11 is 4.40. The molecule has 0 radical (unpaired) electrons. The molecule has 1 heterocycles. The van der Waals surface area contributed by atoms with Crippen LogP contribution in [0.15, 0.2) is 22.0 Å². The Morgan fingerprint density at radius 2 is 1.95 bits per heavy atom. The molecule has 0 bridgehead atoms. The number of carbonyl (C=O) groups is 1. The van der Waals surface area contributed by atoms with E-state index in [9.17, 15) is 18.0 Å². The minimum Gasteiger partial charge on any atom is -0.319 e. The molecule has 100 valence electrons. The van der Waals surface area contributed by atoms with Crippen molar-refractivity contribution >= 4 is 38.9 Å². The zero-order valence-electron chi connectivity index (χ0n) is 9.56. The maximum atomic E-state index is 13.4. The third-order valence-electron chi connectivity index (χ3n) is 2.32. The summed E-state index contributed by atoms with van der Waals surface area (Å²) in [6.07, 6.45) is 0. The highest BCUT2D eigenvalue weighted by molar-refractivity contribution is 9.11. The molecule has 1 aromatic heterocycles. The summed E-state index contributed by atoms with van der Waals surface area (Å²) in [5.41, 5.74) is 0.325. The summed E-state index contributed by atoms with van der Waals surface area (Å²) in [5.74, 6) is -4.22. The van der Waals surface area contributed by atoms with Crippen LogP contribution >= 0.6 is 27.3 Å². The fraction of sp³-hybridized carbons (Fsp3) is 0.0833. The second kappa shape index (κ2) is 5.34. The van der Waals surface area contributed by atoms with Gasteiger partial charge in [-0.25, -0.2) is 13.2 Å². The van der Waals surface area contributed by atoms with E-state index in [1.165, 1.54) is 0 Å². The number of benzene rings is 1. The predicted molar refractivity (Wildman–Crippen MR) is 71.0 cm³/mol. The summed E-state index contributed by atoms with van der Waals surface area (Å²) in [6, 6.07) is 2.74. The Morgan fingerprint density at radius 3 is 2.53 bits per heavy atom. The zero-order valence-corrected chi connectivity index (χ0v) is 12.0. The van der Waals surface area contributed by atoms with Crippen LogP contribution in [0.25, 0.3) is 0 Å². The average molecular weight is 350 g/mol. The normalized spacial score (nSPS) is 10.6. The lowest BCUT2D eigenvalue weighted by molar-refractivity contribution is 0.103. The first-order chi connectivity index (χ1) is 8.88. The van der Waals surface area contributed by atoms with E-state index in [0.29, 0.717) is 10.9 Å². The Hall–Kier alpha value is -1.34. The van der Waals surface area contributed by atoms with Gasteiger partial charge in [-0.05, 0) is 34.5 Å². The number of anilines is 1. The molecule has 0 unspecified atom stereocenters. The van der Waals surface area contributed by atoms with Gasteiger partial charge in [0.1, 0.15) is 5.82 Å². The lowest BCUT2D eigenvalue weighted by Crippen LogP contribution is -2.12. The molecule has 2 aromatic rings. The van der Waals surface area contributed by atoms with Gasteiger partial charge in [0.05, 0.1) is 14.4 Å². The third-order valence-corrected chi connectivity index (χ3v) is 4.46. The summed E-state index contributed by atoms with van der Waals surface area (Å²) < 4.78 is 40.1. The molecular formula is C12H7BrF3NOS. The molecule has 0 aliphatic rings. The Labute approximate surface area is 119 Å². The number of thiophene rings is 1. The third kappa shape index (κ3) is 2.98. The number of carbonyl (C=O) groups excluding carboxylic acids is 1. The number of rotatable bonds is 2. The van der Waals surface area contributed by atoms with E-state index in [1.54, 1.807) is 13.0 Å². The number of amides is 1. The molecule has 0 aliphatic heterocycles. The van der Waals surface area contributed by atoms with Crippen LogP contribution in [0.4, 0.5) is 18.9 Å². The number of halogens is 4. The van der Waals surface area contributed by atoms with E-state index in [4.69, 9.17) is 0 Å². The van der Waals surface area contributed by atoms with Gasteiger partial charge < -0.3 is 5.32 Å². The molecule has 1 aromatic carbocycles. The molecule has 0 saturated carbocycles. The molecule has 1 N–H and O–H groups in total. The monoisotopic (exact) mass is 349 g/mol. The molecule has 0 aliphatic carbocycles. The molecule has 1 amide bonds. The number of aryl methyl sites for hydroxylation is 1. The largest absolute Gasteiger partial charge is 0.319 e. The average Bonchev–Trinajstić information content (AvgIpc) is 2.66. The van der Waals surface area contributed by atoms with E-state index >= 15 is 0 Å². The van der Waals surface area contributed by atoms with Gasteiger partial charge in [-0.15, -0.1) is 11.3 Å². The molecule has 0 fully saturated rings. The highest BCUT2D eigenvalue weighted by atomic mass is 79.9. The van der Waals surface area contributed by atoms with Crippen molar-refractivity contribution in [2.45, 2.75) is 6.92 Å². The molecule has 2 rings (SSSR count). The van der Waals surface area contributed by atoms with Gasteiger partial charge in [0, 0.05) is 12.1 Å². The van der Waals surface area contributed by atoms with Crippen LogP contribution in [0.2, 0.25) is 0 Å². The van der Waals surface area contributed by atoms with E-state index < -0.39 is 29.0 Å². The molecule has 19 heavy (non-hydrogen) atoms. The Kier molecular flexibility index (Phi) is 3.96. The molecule has 2 nitrogen and oxygen atoms in total. The summed E-state index contributed by atoms with van der Waals surface area (Å²) in [5, 5.41) is 2.14. The lowest BCUT2D eigenvalue weighted by atomic mass is 10.2. The van der Waals surface area contributed by atoms with Crippen molar-refractivity contribution in [3.05, 3.63) is 49.9 Å². The van der Waals surface area contributed by atoms with Gasteiger partial charge in [-0.3, -0.25) is 4.79 Å². The number of hydrogen-bond donors (Lipinski definition) is 1. The first-order valence-electron chi connectivity index (χ1n) is 5.10. The second-order valence-corrected chi connectivity index (χ2v) is 6.14. The Bertz CT molecular complexity index is 637. The minimum absolute atomic E-state index is 0.313. The van der Waals surface area contributed by atoms with Crippen molar-refractivity contribution in [1.82, 2.24) is 0 Å². The summed E-state index contributed by atoms with van der Waals surface area (Å²) in [6.45, 7) is 1.79. The SMILES string of the molecule is Cc1cc(C(=O)Nc2cc(F)cc(F)c2F)sc1Br. The smallest absolute Gasteiger partial charge is 0.265 e. The summed E-state index contributed by atoms with van der Waals surface area (Å²) in [4.78, 5) is 12.1. The van der Waals surface area contributed by atoms with Crippen LogP contribution in [0, 0.1) is 24.4 Å². The van der Waals surface area contributed by atoms with Crippen LogP contribution in [-0.2, 0) is 0 Å². The van der Waals surface area contributed by atoms with Crippen molar-refractivity contribution in [3.63, 3.8) is 0 Å². The highest BCUT2D eigenvalue weighted by Gasteiger charge is 2.16. The Morgan fingerprint density at radius 1 is 1.26 bits per heavy atom. The first kappa shape index (κ1) is 14.1. The predicted octanol–water partition coefficient (Wildman–Crippen LogP) is 4.49. The highest BCUT2D eigenvalue weighted by Crippen LogP contribution is 2.28. The van der Waals surface area contributed by atoms with E-state index in [-0.39, 0.29) is 0 Å². The standard InChI is InChI=1S/C12H7BrF3NOS/c1-5-2-9(19-11(5)13)12(18)17-8-4-6(14)3-7(15)10(8)16/h2-4H,1H3,(H,17,18). The van der Waals surface area contributed by atoms with Crippen LogP contribution in [-0.4, -0.2) is 5.91 Å². The van der Waals surface area contributed by atoms with Gasteiger partial charge in [0.25, 0.3) is 5.91 Å². The van der Waals surface area contributed by atoms with E-state index in [0.717, 1.165) is 26.8 Å². The van der Waals surface area contributed by atoms with Gasteiger partial charge in [-0.1, -0.05) is 0 Å². The van der Waals surface area contributed by atoms with Gasteiger partial charge in [-0.2, -0.15) is 0 Å². The zero-order chi connectivity index (χ0) is 14.2. The van der Waals surface area contributed by atoms with Gasteiger partial charge >= 0.3 is 0 Å². The van der Waals surface area contributed by atoms with Crippen molar-refractivity contribution in [1.29, 1.82) is 0 Å². The van der Waals surface area contributed by atoms with Gasteiger partial charge in [0.15, 0.2) is 11.6 Å². The maximum absolute atomic E-state index is 13.4. The first-order valence-corrected chi connectivity index (χ1v) is 6.71. The fourth-order valence-corrected chi connectivity index (χ4v) is 2.83. The molecular weight excluding hydrogens is 343 g/mol. The van der Waals surface area contributed by atoms with E-state index in [2.05, 4.69) is 21.2 Å². The van der Waals surface area contributed by atoms with Crippen LogP contribution < -0.4 is 5.32 Å². The van der Waals surface area contributed by atoms with Crippen LogP contribution in [0.3, 0.4) is 0 Å². The minimum atomic E-state index is -1.35. The van der Waals surface area contributed by atoms with Crippen LogP contribution in [0.5, 0.6) is 0 Å². The van der Waals surface area contributed by atoms with Crippen molar-refractivity contribution in [3.8, 4) is 0 Å². The Balaban J connectivity index is 2.29. The summed E-state index contributed by atoms with van der Waals surface area (Å²) in [7, 11) is 0. The van der Waals surface area contributed by atoms with Crippen LogP contribution in [0.1, 0.15) is 15.2 Å². The van der Waals surface area contributed by atoms with Gasteiger partial charge in [0.2, 0.25) is 0 Å². The molecule has 0 atom stereocenters. The van der Waals surface area contributed by atoms with Crippen molar-refractivity contribution < 1.29 is 18.0 Å². The van der Waals surface area contributed by atoms with Crippen molar-refractivity contribution in [2.75, 3.05) is 5.32 Å². The molecule has 0 spiro atoms. The number of hydrogen-bond acceptors (Lipinski definition) is 2. The second-order valence-electron chi connectivity index (χ2n) is 3.77. The van der Waals surface area contributed by atoms with Crippen molar-refractivity contribution in [2.24, 2.45) is 0 Å². The number of nitrogens with one attached hydrogen (secondary N) is 1. The van der Waals surface area contributed by atoms with E-state index in [1.807, 2.05) is 0 Å². The maximum Gasteiger partial charge on any atom is 0.265 e. The molecule has 7 heteroatoms. The topological polar surface area (TPSA) is 29.1 Å². The quantitative estimate of drug-likeness (QED) is 0.795. The molecule has 0 saturated heterocycles. The fourth-order valence-electron chi connectivity index (χ4n) is 1.40.